The molecular formula is C15H22ClF3N2. The lowest BCUT2D eigenvalue weighted by atomic mass is 9.96. The van der Waals surface area contributed by atoms with Gasteiger partial charge in [-0.2, -0.15) is 13.2 Å². The zero-order valence-electron chi connectivity index (χ0n) is 12.3. The Morgan fingerprint density at radius 2 is 1.86 bits per heavy atom. The van der Waals surface area contributed by atoms with Gasteiger partial charge in [0.25, 0.3) is 0 Å². The Labute approximate surface area is 129 Å². The molecule has 1 rings (SSSR count). The summed E-state index contributed by atoms with van der Waals surface area (Å²) in [7, 11) is 0. The average Bonchev–Trinajstić information content (AvgIpc) is 2.39. The molecule has 0 heterocycles. The Kier molecular flexibility index (Phi) is 6.97. The molecule has 2 nitrogen and oxygen atoms in total. The van der Waals surface area contributed by atoms with E-state index in [0.29, 0.717) is 30.0 Å². The van der Waals surface area contributed by atoms with E-state index in [0.717, 1.165) is 0 Å². The molecule has 21 heavy (non-hydrogen) atoms. The summed E-state index contributed by atoms with van der Waals surface area (Å²) in [5.74, 6) is 0. The second kappa shape index (κ2) is 8.01. The SMILES string of the molecule is CCCN(CC(F)(F)F)C(c1ccccc1Cl)C(N)CC. The van der Waals surface area contributed by atoms with E-state index >= 15 is 0 Å². The summed E-state index contributed by atoms with van der Waals surface area (Å²) in [6.45, 7) is 3.06. The molecule has 0 saturated carbocycles. The smallest absolute Gasteiger partial charge is 0.326 e. The van der Waals surface area contributed by atoms with E-state index in [2.05, 4.69) is 0 Å². The van der Waals surface area contributed by atoms with E-state index in [1.165, 1.54) is 4.90 Å². The van der Waals surface area contributed by atoms with Crippen LogP contribution in [0.25, 0.3) is 0 Å². The molecule has 0 aliphatic rings. The summed E-state index contributed by atoms with van der Waals surface area (Å²) in [6, 6.07) is 6.03. The van der Waals surface area contributed by atoms with Gasteiger partial charge in [0.15, 0.2) is 0 Å². The summed E-state index contributed by atoms with van der Waals surface area (Å²) in [4.78, 5) is 1.38. The molecule has 0 radical (unpaired) electrons. The molecule has 0 aliphatic carbocycles. The number of alkyl halides is 3. The van der Waals surface area contributed by atoms with Crippen molar-refractivity contribution in [3.63, 3.8) is 0 Å². The van der Waals surface area contributed by atoms with Gasteiger partial charge in [0.05, 0.1) is 12.6 Å². The maximum atomic E-state index is 12.9. The van der Waals surface area contributed by atoms with Crippen LogP contribution in [-0.4, -0.2) is 30.2 Å². The lowest BCUT2D eigenvalue weighted by Crippen LogP contribution is -2.45. The summed E-state index contributed by atoms with van der Waals surface area (Å²) < 4.78 is 38.6. The van der Waals surface area contributed by atoms with E-state index in [9.17, 15) is 13.2 Å². The number of nitrogens with two attached hydrogens (primary N) is 1. The van der Waals surface area contributed by atoms with Crippen molar-refractivity contribution in [2.45, 2.75) is 44.9 Å². The summed E-state index contributed by atoms with van der Waals surface area (Å²) in [6.07, 6.45) is -3.07. The number of halogens is 4. The fourth-order valence-corrected chi connectivity index (χ4v) is 2.72. The minimum atomic E-state index is -4.26. The van der Waals surface area contributed by atoms with Crippen molar-refractivity contribution in [3.05, 3.63) is 34.9 Å². The number of rotatable bonds is 7. The molecule has 120 valence electrons. The molecule has 0 amide bonds. The van der Waals surface area contributed by atoms with Crippen molar-refractivity contribution >= 4 is 11.6 Å². The molecule has 2 N–H and O–H groups in total. The van der Waals surface area contributed by atoms with Gasteiger partial charge in [-0.25, -0.2) is 0 Å². The van der Waals surface area contributed by atoms with Crippen LogP contribution < -0.4 is 5.73 Å². The maximum absolute atomic E-state index is 12.9. The number of hydrogen-bond donors (Lipinski definition) is 1. The van der Waals surface area contributed by atoms with Gasteiger partial charge in [0.1, 0.15) is 0 Å². The second-order valence-corrected chi connectivity index (χ2v) is 5.53. The zero-order chi connectivity index (χ0) is 16.0. The van der Waals surface area contributed by atoms with E-state index in [4.69, 9.17) is 17.3 Å². The fourth-order valence-electron chi connectivity index (χ4n) is 2.47. The Hall–Kier alpha value is -0.780. The first kappa shape index (κ1) is 18.3. The van der Waals surface area contributed by atoms with Crippen LogP contribution >= 0.6 is 11.6 Å². The first-order valence-electron chi connectivity index (χ1n) is 7.11. The Bertz CT molecular complexity index is 437. The Balaban J connectivity index is 3.17. The van der Waals surface area contributed by atoms with Crippen LogP contribution in [0.1, 0.15) is 38.3 Å². The molecule has 0 bridgehead atoms. The first-order chi connectivity index (χ1) is 9.80. The van der Waals surface area contributed by atoms with E-state index in [1.807, 2.05) is 13.8 Å². The topological polar surface area (TPSA) is 29.3 Å². The molecule has 6 heteroatoms. The molecule has 0 saturated heterocycles. The molecule has 2 unspecified atom stereocenters. The molecule has 0 fully saturated rings. The van der Waals surface area contributed by atoms with Crippen LogP contribution in [0.5, 0.6) is 0 Å². The third kappa shape index (κ3) is 5.49. The van der Waals surface area contributed by atoms with Gasteiger partial charge in [-0.05, 0) is 31.0 Å². The van der Waals surface area contributed by atoms with Crippen molar-refractivity contribution in [2.75, 3.05) is 13.1 Å². The number of nitrogens with zero attached hydrogens (tertiary/aromatic N) is 1. The molecule has 0 aliphatic heterocycles. The Morgan fingerprint density at radius 3 is 2.33 bits per heavy atom. The highest BCUT2D eigenvalue weighted by atomic mass is 35.5. The third-order valence-electron chi connectivity index (χ3n) is 3.39. The monoisotopic (exact) mass is 322 g/mol. The van der Waals surface area contributed by atoms with Crippen molar-refractivity contribution in [1.29, 1.82) is 0 Å². The summed E-state index contributed by atoms with van der Waals surface area (Å²) >= 11 is 6.17. The minimum Gasteiger partial charge on any atom is -0.326 e. The van der Waals surface area contributed by atoms with Crippen LogP contribution in [0.3, 0.4) is 0 Å². The Morgan fingerprint density at radius 1 is 1.24 bits per heavy atom. The van der Waals surface area contributed by atoms with Gasteiger partial charge >= 0.3 is 6.18 Å². The molecule has 0 spiro atoms. The first-order valence-corrected chi connectivity index (χ1v) is 7.48. The standard InChI is InChI=1S/C15H22ClF3N2/c1-3-9-21(10-15(17,18)19)14(13(20)4-2)11-7-5-6-8-12(11)16/h5-8,13-14H,3-4,9-10,20H2,1-2H3. The highest BCUT2D eigenvalue weighted by Gasteiger charge is 2.36. The molecule has 2 atom stereocenters. The van der Waals surface area contributed by atoms with Crippen LogP contribution in [-0.2, 0) is 0 Å². The summed E-state index contributed by atoms with van der Waals surface area (Å²) in [5.41, 5.74) is 6.76. The fraction of sp³-hybridized carbons (Fsp3) is 0.600. The number of hydrogen-bond acceptors (Lipinski definition) is 2. The predicted molar refractivity (Wildman–Crippen MR) is 80.4 cm³/mol. The highest BCUT2D eigenvalue weighted by Crippen LogP contribution is 2.33. The number of benzene rings is 1. The largest absolute Gasteiger partial charge is 0.401 e. The maximum Gasteiger partial charge on any atom is 0.401 e. The molecule has 1 aromatic rings. The van der Waals surface area contributed by atoms with Gasteiger partial charge in [0, 0.05) is 11.1 Å². The zero-order valence-corrected chi connectivity index (χ0v) is 13.1. The van der Waals surface area contributed by atoms with Crippen LogP contribution in [0, 0.1) is 0 Å². The lowest BCUT2D eigenvalue weighted by molar-refractivity contribution is -0.152. The van der Waals surface area contributed by atoms with Crippen molar-refractivity contribution in [3.8, 4) is 0 Å². The summed E-state index contributed by atoms with van der Waals surface area (Å²) in [5, 5.41) is 0.453. The van der Waals surface area contributed by atoms with Crippen molar-refractivity contribution in [1.82, 2.24) is 4.90 Å². The van der Waals surface area contributed by atoms with Gasteiger partial charge in [-0.1, -0.05) is 43.6 Å². The molecule has 0 aromatic heterocycles. The van der Waals surface area contributed by atoms with Gasteiger partial charge in [0.2, 0.25) is 0 Å². The van der Waals surface area contributed by atoms with Crippen molar-refractivity contribution < 1.29 is 13.2 Å². The van der Waals surface area contributed by atoms with E-state index in [-0.39, 0.29) is 0 Å². The van der Waals surface area contributed by atoms with E-state index in [1.54, 1.807) is 24.3 Å². The van der Waals surface area contributed by atoms with E-state index < -0.39 is 24.8 Å². The highest BCUT2D eigenvalue weighted by molar-refractivity contribution is 6.31. The van der Waals surface area contributed by atoms with Crippen molar-refractivity contribution in [2.24, 2.45) is 5.73 Å². The lowest BCUT2D eigenvalue weighted by Gasteiger charge is -2.36. The van der Waals surface area contributed by atoms with Gasteiger partial charge in [-0.15, -0.1) is 0 Å². The molecular weight excluding hydrogens is 301 g/mol. The van der Waals surface area contributed by atoms with Gasteiger partial charge < -0.3 is 5.73 Å². The third-order valence-corrected chi connectivity index (χ3v) is 3.73. The van der Waals surface area contributed by atoms with Crippen LogP contribution in [0.2, 0.25) is 5.02 Å². The van der Waals surface area contributed by atoms with Gasteiger partial charge in [-0.3, -0.25) is 4.90 Å². The van der Waals surface area contributed by atoms with Crippen LogP contribution in [0.4, 0.5) is 13.2 Å². The normalized spacial score (nSPS) is 15.2. The average molecular weight is 323 g/mol. The quantitative estimate of drug-likeness (QED) is 0.806. The second-order valence-electron chi connectivity index (χ2n) is 5.12. The molecule has 1 aromatic carbocycles. The minimum absolute atomic E-state index is 0.323. The predicted octanol–water partition coefficient (Wildman–Crippen LogP) is 4.39. The van der Waals surface area contributed by atoms with Crippen LogP contribution in [0.15, 0.2) is 24.3 Å².